The number of piperazine rings is 1. The summed E-state index contributed by atoms with van der Waals surface area (Å²) in [5, 5.41) is 1.69. The summed E-state index contributed by atoms with van der Waals surface area (Å²) in [5.41, 5.74) is 1.38. The first-order chi connectivity index (χ1) is 14.3. The second-order valence-corrected chi connectivity index (χ2v) is 11.4. The van der Waals surface area contributed by atoms with Crippen molar-refractivity contribution in [3.8, 4) is 0 Å². The number of aryl methyl sites for hydroxylation is 3. The number of aromatic nitrogens is 2. The zero-order valence-corrected chi connectivity index (χ0v) is 19.5. The Bertz CT molecular complexity index is 1250. The van der Waals surface area contributed by atoms with E-state index in [0.717, 1.165) is 34.7 Å². The second kappa shape index (κ2) is 7.60. The first kappa shape index (κ1) is 20.5. The van der Waals surface area contributed by atoms with Crippen LogP contribution in [0.2, 0.25) is 10.0 Å². The van der Waals surface area contributed by atoms with Crippen LogP contribution in [0.1, 0.15) is 22.7 Å². The summed E-state index contributed by atoms with van der Waals surface area (Å²) < 4.78 is 27.7. The van der Waals surface area contributed by atoms with E-state index in [1.807, 2.05) is 6.92 Å². The maximum absolute atomic E-state index is 13.1. The maximum atomic E-state index is 13.1. The molecule has 6 nitrogen and oxygen atoms in total. The van der Waals surface area contributed by atoms with Crippen LogP contribution in [0.15, 0.2) is 23.1 Å². The van der Waals surface area contributed by atoms with Crippen molar-refractivity contribution in [1.29, 1.82) is 0 Å². The molecule has 5 rings (SSSR count). The number of rotatable bonds is 3. The van der Waals surface area contributed by atoms with Crippen molar-refractivity contribution in [3.63, 3.8) is 0 Å². The van der Waals surface area contributed by atoms with Crippen LogP contribution in [0.25, 0.3) is 10.2 Å². The summed E-state index contributed by atoms with van der Waals surface area (Å²) in [6, 6.07) is 4.52. The zero-order valence-electron chi connectivity index (χ0n) is 16.4. The first-order valence-electron chi connectivity index (χ1n) is 9.83. The topological polar surface area (TPSA) is 66.4 Å². The summed E-state index contributed by atoms with van der Waals surface area (Å²) in [5.74, 6) is 1.69. The molecule has 0 N–H and O–H groups in total. The minimum absolute atomic E-state index is 0.0565. The highest BCUT2D eigenvalue weighted by atomic mass is 35.5. The molecule has 10 heteroatoms. The molecular formula is C20H20Cl2N4O2S2. The Balaban J connectivity index is 1.44. The van der Waals surface area contributed by atoms with E-state index < -0.39 is 10.0 Å². The molecule has 1 fully saturated rings. The van der Waals surface area contributed by atoms with E-state index >= 15 is 0 Å². The lowest BCUT2D eigenvalue weighted by Crippen LogP contribution is -2.49. The molecular weight excluding hydrogens is 463 g/mol. The van der Waals surface area contributed by atoms with Gasteiger partial charge in [0.25, 0.3) is 0 Å². The smallest absolute Gasteiger partial charge is 0.244 e. The zero-order chi connectivity index (χ0) is 21.0. The van der Waals surface area contributed by atoms with Crippen LogP contribution in [0, 0.1) is 6.92 Å². The van der Waals surface area contributed by atoms with Crippen molar-refractivity contribution < 1.29 is 8.42 Å². The van der Waals surface area contributed by atoms with E-state index in [0.29, 0.717) is 31.2 Å². The molecule has 30 heavy (non-hydrogen) atoms. The van der Waals surface area contributed by atoms with Gasteiger partial charge in [-0.05, 0) is 49.9 Å². The SMILES string of the molecule is Cc1nc(N2CCN(S(=O)(=O)c3cc(Cl)ccc3Cl)CC2)c2c3c(sc2n1)CCC3. The molecule has 3 aromatic rings. The van der Waals surface area contributed by atoms with Gasteiger partial charge in [0.05, 0.1) is 10.4 Å². The van der Waals surface area contributed by atoms with Gasteiger partial charge in [-0.3, -0.25) is 0 Å². The van der Waals surface area contributed by atoms with E-state index in [4.69, 9.17) is 28.2 Å². The summed E-state index contributed by atoms with van der Waals surface area (Å²) in [7, 11) is -3.71. The molecule has 1 aliphatic carbocycles. The van der Waals surface area contributed by atoms with Crippen molar-refractivity contribution in [2.75, 3.05) is 31.1 Å². The Hall–Kier alpha value is -1.45. The molecule has 0 atom stereocenters. The number of hydrogen-bond acceptors (Lipinski definition) is 6. The highest BCUT2D eigenvalue weighted by Crippen LogP contribution is 2.41. The Kier molecular flexibility index (Phi) is 5.18. The third kappa shape index (κ3) is 3.39. The van der Waals surface area contributed by atoms with Gasteiger partial charge in [0.2, 0.25) is 10.0 Å². The van der Waals surface area contributed by atoms with E-state index in [1.165, 1.54) is 33.3 Å². The first-order valence-corrected chi connectivity index (χ1v) is 12.8. The van der Waals surface area contributed by atoms with Crippen LogP contribution in [0.4, 0.5) is 5.82 Å². The molecule has 1 aromatic carbocycles. The number of anilines is 1. The molecule has 2 aliphatic rings. The van der Waals surface area contributed by atoms with Gasteiger partial charge >= 0.3 is 0 Å². The van der Waals surface area contributed by atoms with Crippen molar-refractivity contribution in [3.05, 3.63) is 44.5 Å². The van der Waals surface area contributed by atoms with Crippen LogP contribution in [-0.4, -0.2) is 48.9 Å². The fourth-order valence-corrected chi connectivity index (χ4v) is 7.72. The largest absolute Gasteiger partial charge is 0.353 e. The monoisotopic (exact) mass is 482 g/mol. The van der Waals surface area contributed by atoms with Gasteiger partial charge in [0, 0.05) is 36.1 Å². The molecule has 3 heterocycles. The third-order valence-electron chi connectivity index (χ3n) is 5.71. The van der Waals surface area contributed by atoms with Crippen LogP contribution in [-0.2, 0) is 22.9 Å². The van der Waals surface area contributed by atoms with E-state index in [-0.39, 0.29) is 9.92 Å². The fraction of sp³-hybridized carbons (Fsp3) is 0.400. The van der Waals surface area contributed by atoms with E-state index in [2.05, 4.69) is 9.88 Å². The molecule has 158 valence electrons. The number of nitrogens with zero attached hydrogens (tertiary/aromatic N) is 4. The Morgan fingerprint density at radius 2 is 1.83 bits per heavy atom. The number of benzene rings is 1. The maximum Gasteiger partial charge on any atom is 0.244 e. The van der Waals surface area contributed by atoms with Crippen LogP contribution in [0.3, 0.4) is 0 Å². The third-order valence-corrected chi connectivity index (χ3v) is 9.51. The number of sulfonamides is 1. The van der Waals surface area contributed by atoms with Gasteiger partial charge < -0.3 is 4.90 Å². The summed E-state index contributed by atoms with van der Waals surface area (Å²) >= 11 is 13.9. The van der Waals surface area contributed by atoms with E-state index in [1.54, 1.807) is 17.4 Å². The number of fused-ring (bicyclic) bond motifs is 3. The predicted molar refractivity (Wildman–Crippen MR) is 122 cm³/mol. The van der Waals surface area contributed by atoms with Crippen molar-refractivity contribution >= 4 is 60.6 Å². The minimum atomic E-state index is -3.71. The molecule has 0 amide bonds. The normalized spacial score (nSPS) is 17.6. The molecule has 0 spiro atoms. The van der Waals surface area contributed by atoms with Gasteiger partial charge in [0.1, 0.15) is 21.4 Å². The fourth-order valence-electron chi connectivity index (χ4n) is 4.26. The summed E-state index contributed by atoms with van der Waals surface area (Å²) in [6.45, 7) is 3.76. The highest BCUT2D eigenvalue weighted by molar-refractivity contribution is 7.89. The molecule has 0 bridgehead atoms. The minimum Gasteiger partial charge on any atom is -0.353 e. The Morgan fingerprint density at radius 1 is 1.07 bits per heavy atom. The Labute approximate surface area is 189 Å². The summed E-state index contributed by atoms with van der Waals surface area (Å²) in [6.07, 6.45) is 3.36. The number of thiophene rings is 1. The lowest BCUT2D eigenvalue weighted by molar-refractivity contribution is 0.384. The average molecular weight is 483 g/mol. The molecule has 1 saturated heterocycles. The number of halogens is 2. The van der Waals surface area contributed by atoms with Crippen LogP contribution < -0.4 is 4.90 Å². The van der Waals surface area contributed by atoms with Gasteiger partial charge in [-0.25, -0.2) is 18.4 Å². The van der Waals surface area contributed by atoms with Gasteiger partial charge in [-0.2, -0.15) is 4.31 Å². The molecule has 0 radical (unpaired) electrons. The summed E-state index contributed by atoms with van der Waals surface area (Å²) in [4.78, 5) is 14.1. The second-order valence-electron chi connectivity index (χ2n) is 7.60. The van der Waals surface area contributed by atoms with E-state index in [9.17, 15) is 8.42 Å². The lowest BCUT2D eigenvalue weighted by Gasteiger charge is -2.35. The van der Waals surface area contributed by atoms with Crippen LogP contribution >= 0.6 is 34.5 Å². The van der Waals surface area contributed by atoms with Crippen molar-refractivity contribution in [1.82, 2.24) is 14.3 Å². The standard InChI is InChI=1S/C20H20Cl2N4O2S2/c1-12-23-19(18-14-3-2-4-16(14)29-20(18)24-12)25-7-9-26(10-8-25)30(27,28)17-11-13(21)5-6-15(17)22/h5-6,11H,2-4,7-10H2,1H3. The molecule has 0 unspecified atom stereocenters. The van der Waals surface area contributed by atoms with Crippen molar-refractivity contribution in [2.45, 2.75) is 31.1 Å². The Morgan fingerprint density at radius 3 is 2.60 bits per heavy atom. The molecule has 1 aliphatic heterocycles. The van der Waals surface area contributed by atoms with Crippen LogP contribution in [0.5, 0.6) is 0 Å². The van der Waals surface area contributed by atoms with Gasteiger partial charge in [-0.15, -0.1) is 11.3 Å². The van der Waals surface area contributed by atoms with Crippen molar-refractivity contribution in [2.24, 2.45) is 0 Å². The van der Waals surface area contributed by atoms with Gasteiger partial charge in [0.15, 0.2) is 0 Å². The predicted octanol–water partition coefficient (Wildman–Crippen LogP) is 4.31. The molecule has 2 aromatic heterocycles. The quantitative estimate of drug-likeness (QED) is 0.556. The van der Waals surface area contributed by atoms with Gasteiger partial charge in [-0.1, -0.05) is 23.2 Å². The number of hydrogen-bond donors (Lipinski definition) is 0. The lowest BCUT2D eigenvalue weighted by atomic mass is 10.1. The average Bonchev–Trinajstić information content (AvgIpc) is 3.30. The highest BCUT2D eigenvalue weighted by Gasteiger charge is 2.32. The molecule has 0 saturated carbocycles.